The number of nitrogens with zero attached hydrogens (tertiary/aromatic N) is 3. The average molecular weight is 298 g/mol. The number of rotatable bonds is 3. The first-order valence-electron chi connectivity index (χ1n) is 7.35. The van der Waals surface area contributed by atoms with E-state index >= 15 is 0 Å². The smallest absolute Gasteiger partial charge is 0.262 e. The molecule has 0 aliphatic carbocycles. The summed E-state index contributed by atoms with van der Waals surface area (Å²) in [5.74, 6) is 0.917. The Morgan fingerprint density at radius 1 is 1.25 bits per heavy atom. The van der Waals surface area contributed by atoms with Crippen molar-refractivity contribution in [3.05, 3.63) is 12.0 Å². The van der Waals surface area contributed by atoms with Crippen LogP contribution in [0.5, 0.6) is 0 Å². The molecule has 1 N–H and O–H groups in total. The van der Waals surface area contributed by atoms with Gasteiger partial charge in [-0.25, -0.2) is 13.4 Å². The van der Waals surface area contributed by atoms with Crippen LogP contribution in [0.25, 0.3) is 0 Å². The largest absolute Gasteiger partial charge is 0.333 e. The Bertz CT molecular complexity index is 550. The van der Waals surface area contributed by atoms with E-state index in [9.17, 15) is 8.42 Å². The van der Waals surface area contributed by atoms with Gasteiger partial charge in [0.25, 0.3) is 10.0 Å². The zero-order valence-corrected chi connectivity index (χ0v) is 12.7. The fraction of sp³-hybridized carbons (Fsp3) is 0.769. The third kappa shape index (κ3) is 2.49. The zero-order valence-electron chi connectivity index (χ0n) is 11.9. The second kappa shape index (κ2) is 5.46. The van der Waals surface area contributed by atoms with Crippen LogP contribution in [-0.2, 0) is 23.0 Å². The van der Waals surface area contributed by atoms with Gasteiger partial charge < -0.3 is 9.88 Å². The van der Waals surface area contributed by atoms with Gasteiger partial charge in [0.2, 0.25) is 0 Å². The molecule has 3 heterocycles. The summed E-state index contributed by atoms with van der Waals surface area (Å²) in [5.41, 5.74) is 0. The highest BCUT2D eigenvalue weighted by molar-refractivity contribution is 7.89. The van der Waals surface area contributed by atoms with Crippen molar-refractivity contribution >= 4 is 10.0 Å². The van der Waals surface area contributed by atoms with Crippen molar-refractivity contribution < 1.29 is 8.42 Å². The topological polar surface area (TPSA) is 67.2 Å². The minimum Gasteiger partial charge on any atom is -0.333 e. The molecule has 20 heavy (non-hydrogen) atoms. The quantitative estimate of drug-likeness (QED) is 0.887. The summed E-state index contributed by atoms with van der Waals surface area (Å²) in [6.45, 7) is 2.05. The van der Waals surface area contributed by atoms with Crippen molar-refractivity contribution in [3.8, 4) is 0 Å². The molecule has 6 nitrogen and oxygen atoms in total. The first-order valence-corrected chi connectivity index (χ1v) is 8.79. The summed E-state index contributed by atoms with van der Waals surface area (Å²) in [6.07, 6.45) is 6.54. The van der Waals surface area contributed by atoms with Crippen molar-refractivity contribution in [2.24, 2.45) is 0 Å². The van der Waals surface area contributed by atoms with Gasteiger partial charge in [0.05, 0.1) is 0 Å². The number of hydrogen-bond donors (Lipinski definition) is 1. The molecule has 1 aromatic rings. The van der Waals surface area contributed by atoms with Crippen LogP contribution in [-0.4, -0.2) is 48.5 Å². The molecule has 0 unspecified atom stereocenters. The van der Waals surface area contributed by atoms with Gasteiger partial charge in [-0.3, -0.25) is 0 Å². The number of piperidine rings is 1. The van der Waals surface area contributed by atoms with Crippen LogP contribution in [0.1, 0.15) is 31.5 Å². The van der Waals surface area contributed by atoms with Crippen LogP contribution in [0, 0.1) is 0 Å². The maximum Gasteiger partial charge on any atom is 0.262 e. The lowest BCUT2D eigenvalue weighted by Crippen LogP contribution is -2.43. The predicted molar refractivity (Wildman–Crippen MR) is 76.0 cm³/mol. The number of nitrogens with one attached hydrogen (secondary N) is 1. The zero-order chi connectivity index (χ0) is 14.2. The summed E-state index contributed by atoms with van der Waals surface area (Å²) in [4.78, 5) is 4.35. The van der Waals surface area contributed by atoms with Crippen molar-refractivity contribution in [3.63, 3.8) is 0 Å². The Kier molecular flexibility index (Phi) is 3.83. The molecule has 0 atom stereocenters. The Labute approximate surface area is 120 Å². The maximum atomic E-state index is 12.6. The predicted octanol–water partition coefficient (Wildman–Crippen LogP) is 0.592. The molecule has 0 amide bonds. The summed E-state index contributed by atoms with van der Waals surface area (Å²) >= 11 is 0. The molecular weight excluding hydrogens is 276 g/mol. The van der Waals surface area contributed by atoms with Gasteiger partial charge in [0.15, 0.2) is 5.03 Å². The molecule has 0 spiro atoms. The molecule has 3 rings (SSSR count). The third-order valence-corrected chi connectivity index (χ3v) is 6.12. The number of fused-ring (bicyclic) bond motifs is 1. The number of hydrogen-bond acceptors (Lipinski definition) is 4. The molecule has 112 valence electrons. The van der Waals surface area contributed by atoms with E-state index < -0.39 is 10.0 Å². The van der Waals surface area contributed by atoms with Crippen molar-refractivity contribution in [2.45, 2.75) is 49.7 Å². The maximum absolute atomic E-state index is 12.6. The SMILES string of the molecule is CNC1CCN(S(=O)(=O)c2cn3c(n2)CCCC3)CC1. The molecule has 2 aliphatic rings. The fourth-order valence-electron chi connectivity index (χ4n) is 3.03. The number of aromatic nitrogens is 2. The first-order chi connectivity index (χ1) is 9.61. The minimum absolute atomic E-state index is 0.234. The minimum atomic E-state index is -3.41. The monoisotopic (exact) mass is 298 g/mol. The van der Waals surface area contributed by atoms with Gasteiger partial charge in [-0.05, 0) is 32.7 Å². The Hall–Kier alpha value is -0.920. The third-order valence-electron chi connectivity index (χ3n) is 4.35. The van der Waals surface area contributed by atoms with Gasteiger partial charge >= 0.3 is 0 Å². The summed E-state index contributed by atoms with van der Waals surface area (Å²) in [5, 5.41) is 3.45. The molecule has 1 fully saturated rings. The number of aryl methyl sites for hydroxylation is 2. The summed E-state index contributed by atoms with van der Waals surface area (Å²) in [6, 6.07) is 0.427. The van der Waals surface area contributed by atoms with Crippen LogP contribution in [0.4, 0.5) is 0 Å². The standard InChI is InChI=1S/C13H22N4O2S/c1-14-11-5-8-17(9-6-11)20(18,19)13-10-16-7-3-2-4-12(16)15-13/h10-11,14H,2-9H2,1H3. The van der Waals surface area contributed by atoms with Gasteiger partial charge in [-0.15, -0.1) is 0 Å². The number of imidazole rings is 1. The Balaban J connectivity index is 1.80. The lowest BCUT2D eigenvalue weighted by atomic mass is 10.1. The van der Waals surface area contributed by atoms with Crippen molar-refractivity contribution in [2.75, 3.05) is 20.1 Å². The van der Waals surface area contributed by atoms with E-state index in [-0.39, 0.29) is 5.03 Å². The highest BCUT2D eigenvalue weighted by Gasteiger charge is 2.31. The van der Waals surface area contributed by atoms with Crippen molar-refractivity contribution in [1.82, 2.24) is 19.2 Å². The summed E-state index contributed by atoms with van der Waals surface area (Å²) < 4.78 is 28.8. The first kappa shape index (κ1) is 14.0. The molecule has 0 radical (unpaired) electrons. The van der Waals surface area contributed by atoms with E-state index in [1.807, 2.05) is 11.6 Å². The second-order valence-corrected chi connectivity index (χ2v) is 7.50. The van der Waals surface area contributed by atoms with Crippen LogP contribution < -0.4 is 5.32 Å². The lowest BCUT2D eigenvalue weighted by molar-refractivity contribution is 0.298. The van der Waals surface area contributed by atoms with Gasteiger partial charge in [-0.2, -0.15) is 4.31 Å². The molecule has 0 saturated carbocycles. The van der Waals surface area contributed by atoms with E-state index in [0.29, 0.717) is 19.1 Å². The molecular formula is C13H22N4O2S. The van der Waals surface area contributed by atoms with Crippen LogP contribution in [0.2, 0.25) is 0 Å². The van der Waals surface area contributed by atoms with Crippen molar-refractivity contribution in [1.29, 1.82) is 0 Å². The van der Waals surface area contributed by atoms with E-state index in [0.717, 1.165) is 44.5 Å². The molecule has 1 aromatic heterocycles. The van der Waals surface area contributed by atoms with Crippen LogP contribution in [0.15, 0.2) is 11.2 Å². The second-order valence-electron chi connectivity index (χ2n) is 5.61. The van der Waals surface area contributed by atoms with E-state index in [2.05, 4.69) is 10.3 Å². The summed E-state index contributed by atoms with van der Waals surface area (Å²) in [7, 11) is -1.49. The molecule has 1 saturated heterocycles. The highest BCUT2D eigenvalue weighted by Crippen LogP contribution is 2.22. The highest BCUT2D eigenvalue weighted by atomic mass is 32.2. The average Bonchev–Trinajstić information content (AvgIpc) is 2.92. The van der Waals surface area contributed by atoms with Crippen LogP contribution >= 0.6 is 0 Å². The van der Waals surface area contributed by atoms with E-state index in [1.54, 1.807) is 10.5 Å². The molecule has 7 heteroatoms. The lowest BCUT2D eigenvalue weighted by Gasteiger charge is -2.30. The Morgan fingerprint density at radius 3 is 2.65 bits per heavy atom. The van der Waals surface area contributed by atoms with Gasteiger partial charge in [0.1, 0.15) is 5.82 Å². The molecule has 0 bridgehead atoms. The van der Waals surface area contributed by atoms with E-state index in [4.69, 9.17) is 0 Å². The normalized spacial score (nSPS) is 21.9. The number of sulfonamides is 1. The van der Waals surface area contributed by atoms with Crippen LogP contribution in [0.3, 0.4) is 0 Å². The molecule has 2 aliphatic heterocycles. The fourth-order valence-corrected chi connectivity index (χ4v) is 4.47. The van der Waals surface area contributed by atoms with Gasteiger partial charge in [0, 0.05) is 38.3 Å². The Morgan fingerprint density at radius 2 is 2.00 bits per heavy atom. The van der Waals surface area contributed by atoms with E-state index in [1.165, 1.54) is 0 Å². The molecule has 0 aromatic carbocycles. The van der Waals surface area contributed by atoms with Gasteiger partial charge in [-0.1, -0.05) is 0 Å².